The zero-order valence-electron chi connectivity index (χ0n) is 13.5. The smallest absolute Gasteiger partial charge is 0.224 e. The molecule has 3 N–H and O–H groups in total. The molecular formula is C19H20Cl2N2O. The molecule has 1 unspecified atom stereocenters. The zero-order valence-corrected chi connectivity index (χ0v) is 15.0. The Bertz CT molecular complexity index is 776. The van der Waals surface area contributed by atoms with Gasteiger partial charge >= 0.3 is 0 Å². The molecule has 3 rings (SSSR count). The Kier molecular flexibility index (Phi) is 5.14. The van der Waals surface area contributed by atoms with Crippen LogP contribution in [0.15, 0.2) is 36.4 Å². The highest BCUT2D eigenvalue weighted by molar-refractivity contribution is 6.42. The number of carbonyl (C=O) groups excluding carboxylic acids is 1. The van der Waals surface area contributed by atoms with Crippen molar-refractivity contribution in [2.45, 2.75) is 31.2 Å². The van der Waals surface area contributed by atoms with Gasteiger partial charge in [-0.05, 0) is 47.2 Å². The van der Waals surface area contributed by atoms with Crippen molar-refractivity contribution in [2.24, 2.45) is 5.73 Å². The third-order valence-electron chi connectivity index (χ3n) is 4.68. The van der Waals surface area contributed by atoms with Gasteiger partial charge in [-0.1, -0.05) is 47.5 Å². The van der Waals surface area contributed by atoms with Crippen LogP contribution in [0.25, 0.3) is 0 Å². The van der Waals surface area contributed by atoms with E-state index in [-0.39, 0.29) is 17.9 Å². The molecule has 0 aromatic heterocycles. The molecule has 0 fully saturated rings. The summed E-state index contributed by atoms with van der Waals surface area (Å²) in [5, 5.41) is 3.79. The molecular weight excluding hydrogens is 343 g/mol. The summed E-state index contributed by atoms with van der Waals surface area (Å²) in [7, 11) is 1.65. The third kappa shape index (κ3) is 3.44. The summed E-state index contributed by atoms with van der Waals surface area (Å²) < 4.78 is 0. The van der Waals surface area contributed by atoms with Gasteiger partial charge in [-0.25, -0.2) is 0 Å². The fraction of sp³-hybridized carbons (Fsp3) is 0.316. The first-order valence-electron chi connectivity index (χ1n) is 8.03. The SMILES string of the molecule is CNC(=O)Cc1ccc2c(c1)C(N)CC[C@H]2c1ccc(Cl)c(Cl)c1. The van der Waals surface area contributed by atoms with E-state index in [0.717, 1.165) is 29.5 Å². The minimum absolute atomic E-state index is 0.000337. The van der Waals surface area contributed by atoms with Crippen LogP contribution in [0.5, 0.6) is 0 Å². The summed E-state index contributed by atoms with van der Waals surface area (Å²) in [6, 6.07) is 12.0. The van der Waals surface area contributed by atoms with Gasteiger partial charge in [0.2, 0.25) is 5.91 Å². The maximum Gasteiger partial charge on any atom is 0.224 e. The Morgan fingerprint density at radius 3 is 2.62 bits per heavy atom. The summed E-state index contributed by atoms with van der Waals surface area (Å²) in [5.74, 6) is 0.254. The van der Waals surface area contributed by atoms with Crippen LogP contribution < -0.4 is 11.1 Å². The van der Waals surface area contributed by atoms with Crippen LogP contribution in [-0.4, -0.2) is 13.0 Å². The number of amides is 1. The van der Waals surface area contributed by atoms with Crippen LogP contribution in [0.4, 0.5) is 0 Å². The summed E-state index contributed by atoms with van der Waals surface area (Å²) in [4.78, 5) is 11.6. The molecule has 0 aliphatic heterocycles. The largest absolute Gasteiger partial charge is 0.359 e. The molecule has 2 atom stereocenters. The van der Waals surface area contributed by atoms with Crippen LogP contribution in [0.2, 0.25) is 10.0 Å². The van der Waals surface area contributed by atoms with Crippen molar-refractivity contribution in [2.75, 3.05) is 7.05 Å². The molecule has 5 heteroatoms. The fourth-order valence-corrected chi connectivity index (χ4v) is 3.69. The van der Waals surface area contributed by atoms with Gasteiger partial charge in [-0.15, -0.1) is 0 Å². The Morgan fingerprint density at radius 2 is 1.92 bits per heavy atom. The Morgan fingerprint density at radius 1 is 1.12 bits per heavy atom. The van der Waals surface area contributed by atoms with Crippen LogP contribution in [-0.2, 0) is 11.2 Å². The molecule has 2 aromatic carbocycles. The van der Waals surface area contributed by atoms with Crippen molar-refractivity contribution < 1.29 is 4.79 Å². The standard InChI is InChI=1S/C19H20Cl2N2O/c1-23-19(24)9-11-2-4-14-13(5-7-18(22)15(14)8-11)12-3-6-16(20)17(21)10-12/h2-4,6,8,10,13,18H,5,7,9,22H2,1H3,(H,23,24)/t13-,18?/m0/s1. The van der Waals surface area contributed by atoms with Crippen molar-refractivity contribution in [1.82, 2.24) is 5.32 Å². The van der Waals surface area contributed by atoms with Crippen LogP contribution in [0, 0.1) is 0 Å². The molecule has 126 valence electrons. The highest BCUT2D eigenvalue weighted by atomic mass is 35.5. The molecule has 0 saturated heterocycles. The monoisotopic (exact) mass is 362 g/mol. The van der Waals surface area contributed by atoms with Gasteiger partial charge in [0.1, 0.15) is 0 Å². The Labute approximate surface area is 152 Å². The quantitative estimate of drug-likeness (QED) is 0.859. The number of nitrogens with two attached hydrogens (primary N) is 1. The number of likely N-dealkylation sites (N-methyl/N-ethyl adjacent to an activating group) is 1. The van der Waals surface area contributed by atoms with Crippen molar-refractivity contribution in [3.63, 3.8) is 0 Å². The van der Waals surface area contributed by atoms with E-state index < -0.39 is 0 Å². The molecule has 1 amide bonds. The zero-order chi connectivity index (χ0) is 17.3. The van der Waals surface area contributed by atoms with Crippen molar-refractivity contribution in [1.29, 1.82) is 0 Å². The lowest BCUT2D eigenvalue weighted by molar-refractivity contribution is -0.119. The number of hydrogen-bond acceptors (Lipinski definition) is 2. The highest BCUT2D eigenvalue weighted by Crippen LogP contribution is 2.41. The lowest BCUT2D eigenvalue weighted by Crippen LogP contribution is -2.23. The first-order valence-corrected chi connectivity index (χ1v) is 8.79. The van der Waals surface area contributed by atoms with Crippen molar-refractivity contribution in [3.05, 3.63) is 68.7 Å². The summed E-state index contributed by atoms with van der Waals surface area (Å²) in [5.41, 5.74) is 10.8. The van der Waals surface area contributed by atoms with E-state index in [1.54, 1.807) is 7.05 Å². The number of carbonyl (C=O) groups is 1. The predicted octanol–water partition coefficient (Wildman–Crippen LogP) is 4.21. The van der Waals surface area contributed by atoms with Crippen LogP contribution in [0.3, 0.4) is 0 Å². The van der Waals surface area contributed by atoms with Gasteiger partial charge < -0.3 is 11.1 Å². The average molecular weight is 363 g/mol. The van der Waals surface area contributed by atoms with Gasteiger partial charge in [-0.2, -0.15) is 0 Å². The molecule has 2 aromatic rings. The summed E-state index contributed by atoms with van der Waals surface area (Å²) in [6.07, 6.45) is 2.25. The van der Waals surface area contributed by atoms with E-state index in [4.69, 9.17) is 28.9 Å². The molecule has 0 spiro atoms. The minimum atomic E-state index is 0.000337. The second-order valence-electron chi connectivity index (χ2n) is 6.22. The van der Waals surface area contributed by atoms with Gasteiger partial charge in [0.15, 0.2) is 0 Å². The first-order chi connectivity index (χ1) is 11.5. The molecule has 3 nitrogen and oxygen atoms in total. The number of rotatable bonds is 3. The van der Waals surface area contributed by atoms with Crippen LogP contribution >= 0.6 is 23.2 Å². The lowest BCUT2D eigenvalue weighted by Gasteiger charge is -2.30. The molecule has 0 bridgehead atoms. The van der Waals surface area contributed by atoms with Crippen molar-refractivity contribution >= 4 is 29.1 Å². The van der Waals surface area contributed by atoms with Crippen molar-refractivity contribution in [3.8, 4) is 0 Å². The predicted molar refractivity (Wildman–Crippen MR) is 98.7 cm³/mol. The van der Waals surface area contributed by atoms with E-state index >= 15 is 0 Å². The Hall–Kier alpha value is -1.55. The third-order valence-corrected chi connectivity index (χ3v) is 5.42. The first kappa shape index (κ1) is 17.3. The Balaban J connectivity index is 1.98. The molecule has 24 heavy (non-hydrogen) atoms. The topological polar surface area (TPSA) is 55.1 Å². The lowest BCUT2D eigenvalue weighted by atomic mass is 9.76. The fourth-order valence-electron chi connectivity index (χ4n) is 3.38. The molecule has 0 saturated carbocycles. The summed E-state index contributed by atoms with van der Waals surface area (Å²) in [6.45, 7) is 0. The van der Waals surface area contributed by atoms with Gasteiger partial charge in [-0.3, -0.25) is 4.79 Å². The minimum Gasteiger partial charge on any atom is -0.359 e. The molecule has 1 aliphatic carbocycles. The average Bonchev–Trinajstić information content (AvgIpc) is 2.58. The van der Waals surface area contributed by atoms with Gasteiger partial charge in [0.25, 0.3) is 0 Å². The van der Waals surface area contributed by atoms with E-state index in [9.17, 15) is 4.79 Å². The van der Waals surface area contributed by atoms with E-state index in [2.05, 4.69) is 17.4 Å². The second kappa shape index (κ2) is 7.14. The van der Waals surface area contributed by atoms with E-state index in [0.29, 0.717) is 16.5 Å². The van der Waals surface area contributed by atoms with Gasteiger partial charge in [0, 0.05) is 19.0 Å². The highest BCUT2D eigenvalue weighted by Gasteiger charge is 2.27. The van der Waals surface area contributed by atoms with Gasteiger partial charge in [0.05, 0.1) is 16.5 Å². The number of benzene rings is 2. The number of halogens is 2. The van der Waals surface area contributed by atoms with Crippen LogP contribution in [0.1, 0.15) is 47.1 Å². The van der Waals surface area contributed by atoms with E-state index in [1.165, 1.54) is 5.56 Å². The maximum atomic E-state index is 11.6. The number of fused-ring (bicyclic) bond motifs is 1. The number of hydrogen-bond donors (Lipinski definition) is 2. The molecule has 0 radical (unpaired) electrons. The normalized spacial score (nSPS) is 19.7. The molecule has 0 heterocycles. The summed E-state index contributed by atoms with van der Waals surface area (Å²) >= 11 is 12.2. The maximum absolute atomic E-state index is 11.6. The number of nitrogens with one attached hydrogen (secondary N) is 1. The van der Waals surface area contributed by atoms with E-state index in [1.807, 2.05) is 24.3 Å². The second-order valence-corrected chi connectivity index (χ2v) is 7.04. The molecule has 1 aliphatic rings.